The molecule has 0 atom stereocenters. The van der Waals surface area contributed by atoms with E-state index < -0.39 is 5.97 Å². The van der Waals surface area contributed by atoms with Crippen molar-refractivity contribution in [1.82, 2.24) is 10.3 Å². The number of amides is 1. The Morgan fingerprint density at radius 3 is 2.54 bits per heavy atom. The van der Waals surface area contributed by atoms with Gasteiger partial charge < -0.3 is 10.1 Å². The standard InChI is InChI=1S/C21H26N2O3S2/c1-15-22-18(13-27-15)14-28-19-10-8-16(9-11-19)21(25)26-12-20(24)23-17-6-4-2-3-5-7-17/h8-11,13,17H,2-7,12,14H2,1H3,(H,23,24). The summed E-state index contributed by atoms with van der Waals surface area (Å²) in [4.78, 5) is 29.7. The highest BCUT2D eigenvalue weighted by Crippen LogP contribution is 2.24. The molecule has 28 heavy (non-hydrogen) atoms. The molecular weight excluding hydrogens is 392 g/mol. The van der Waals surface area contributed by atoms with E-state index >= 15 is 0 Å². The van der Waals surface area contributed by atoms with Crippen LogP contribution in [-0.2, 0) is 15.3 Å². The first-order valence-electron chi connectivity index (χ1n) is 9.70. The largest absolute Gasteiger partial charge is 0.452 e. The van der Waals surface area contributed by atoms with E-state index in [1.807, 2.05) is 19.1 Å². The smallest absolute Gasteiger partial charge is 0.338 e. The van der Waals surface area contributed by atoms with Crippen LogP contribution in [0, 0.1) is 6.92 Å². The minimum absolute atomic E-state index is 0.214. The summed E-state index contributed by atoms with van der Waals surface area (Å²) in [5.41, 5.74) is 1.52. The lowest BCUT2D eigenvalue weighted by atomic mass is 10.1. The van der Waals surface area contributed by atoms with Crippen LogP contribution in [0.1, 0.15) is 59.6 Å². The van der Waals surface area contributed by atoms with Crippen molar-refractivity contribution in [3.05, 3.63) is 45.9 Å². The van der Waals surface area contributed by atoms with E-state index in [0.717, 1.165) is 47.0 Å². The molecule has 0 spiro atoms. The summed E-state index contributed by atoms with van der Waals surface area (Å²) >= 11 is 3.32. The normalized spacial score (nSPS) is 15.0. The average molecular weight is 419 g/mol. The van der Waals surface area contributed by atoms with Gasteiger partial charge in [-0.1, -0.05) is 25.7 Å². The van der Waals surface area contributed by atoms with Crippen LogP contribution in [0.3, 0.4) is 0 Å². The van der Waals surface area contributed by atoms with Gasteiger partial charge in [0.05, 0.1) is 16.3 Å². The van der Waals surface area contributed by atoms with Crippen LogP contribution >= 0.6 is 23.1 Å². The number of nitrogens with zero attached hydrogens (tertiary/aromatic N) is 1. The lowest BCUT2D eigenvalue weighted by Crippen LogP contribution is -2.37. The van der Waals surface area contributed by atoms with E-state index in [2.05, 4.69) is 15.7 Å². The van der Waals surface area contributed by atoms with Gasteiger partial charge in [0.15, 0.2) is 6.61 Å². The summed E-state index contributed by atoms with van der Waals surface area (Å²) in [5.74, 6) is 0.115. The van der Waals surface area contributed by atoms with E-state index in [-0.39, 0.29) is 18.6 Å². The Hall–Kier alpha value is -1.86. The van der Waals surface area contributed by atoms with Crippen molar-refractivity contribution < 1.29 is 14.3 Å². The van der Waals surface area contributed by atoms with E-state index in [1.54, 1.807) is 35.2 Å². The minimum Gasteiger partial charge on any atom is -0.452 e. The van der Waals surface area contributed by atoms with Crippen LogP contribution in [0.5, 0.6) is 0 Å². The average Bonchev–Trinajstić information content (AvgIpc) is 2.95. The fourth-order valence-corrected chi connectivity index (χ4v) is 4.74. The summed E-state index contributed by atoms with van der Waals surface area (Å²) in [6, 6.07) is 7.48. The number of ether oxygens (including phenoxy) is 1. The van der Waals surface area contributed by atoms with Gasteiger partial charge in [-0.25, -0.2) is 9.78 Å². The lowest BCUT2D eigenvalue weighted by Gasteiger charge is -2.16. The maximum Gasteiger partial charge on any atom is 0.338 e. The van der Waals surface area contributed by atoms with Crippen molar-refractivity contribution >= 4 is 35.0 Å². The molecule has 1 saturated carbocycles. The van der Waals surface area contributed by atoms with Gasteiger partial charge in [-0.05, 0) is 44.0 Å². The second-order valence-corrected chi connectivity index (χ2v) is 9.11. The molecule has 1 aromatic heterocycles. The molecule has 2 aromatic rings. The molecule has 1 fully saturated rings. The Kier molecular flexibility index (Phi) is 7.91. The van der Waals surface area contributed by atoms with E-state index in [1.165, 1.54) is 12.8 Å². The number of aromatic nitrogens is 1. The number of hydrogen-bond acceptors (Lipinski definition) is 6. The molecule has 1 N–H and O–H groups in total. The highest BCUT2D eigenvalue weighted by Gasteiger charge is 2.16. The molecule has 1 aromatic carbocycles. The van der Waals surface area contributed by atoms with Crippen molar-refractivity contribution in [3.63, 3.8) is 0 Å². The Labute approximate surface area is 174 Å². The molecule has 1 aliphatic carbocycles. The number of nitrogens with one attached hydrogen (secondary N) is 1. The molecule has 7 heteroatoms. The highest BCUT2D eigenvalue weighted by molar-refractivity contribution is 7.98. The predicted octanol–water partition coefficient (Wildman–Crippen LogP) is 4.74. The molecule has 150 valence electrons. The highest BCUT2D eigenvalue weighted by atomic mass is 32.2. The molecule has 0 radical (unpaired) electrons. The van der Waals surface area contributed by atoms with E-state index in [4.69, 9.17) is 4.74 Å². The second kappa shape index (κ2) is 10.6. The number of thioether (sulfide) groups is 1. The Balaban J connectivity index is 1.41. The summed E-state index contributed by atoms with van der Waals surface area (Å²) < 4.78 is 5.17. The lowest BCUT2D eigenvalue weighted by molar-refractivity contribution is -0.125. The molecule has 0 unspecified atom stereocenters. The van der Waals surface area contributed by atoms with Crippen molar-refractivity contribution in [2.24, 2.45) is 0 Å². The first kappa shape index (κ1) is 20.9. The van der Waals surface area contributed by atoms with Gasteiger partial charge in [-0.3, -0.25) is 4.79 Å². The molecule has 0 bridgehead atoms. The van der Waals surface area contributed by atoms with Gasteiger partial charge in [0.2, 0.25) is 0 Å². The summed E-state index contributed by atoms with van der Waals surface area (Å²) in [6.45, 7) is 1.77. The van der Waals surface area contributed by atoms with Crippen LogP contribution in [0.2, 0.25) is 0 Å². The molecule has 3 rings (SSSR count). The van der Waals surface area contributed by atoms with Crippen molar-refractivity contribution in [2.45, 2.75) is 62.1 Å². The van der Waals surface area contributed by atoms with Crippen LogP contribution in [0.4, 0.5) is 0 Å². The molecule has 0 saturated heterocycles. The van der Waals surface area contributed by atoms with Gasteiger partial charge in [-0.2, -0.15) is 0 Å². The van der Waals surface area contributed by atoms with Crippen molar-refractivity contribution in [1.29, 1.82) is 0 Å². The van der Waals surface area contributed by atoms with E-state index in [9.17, 15) is 9.59 Å². The maximum absolute atomic E-state index is 12.2. The SMILES string of the molecule is Cc1nc(CSc2ccc(C(=O)OCC(=O)NC3CCCCCC3)cc2)cs1. The van der Waals surface area contributed by atoms with Crippen LogP contribution < -0.4 is 5.32 Å². The third-order valence-corrected chi connectivity index (χ3v) is 6.57. The van der Waals surface area contributed by atoms with E-state index in [0.29, 0.717) is 5.56 Å². The zero-order chi connectivity index (χ0) is 19.8. The third kappa shape index (κ3) is 6.63. The number of hydrogen-bond donors (Lipinski definition) is 1. The maximum atomic E-state index is 12.2. The fraction of sp³-hybridized carbons (Fsp3) is 0.476. The third-order valence-electron chi connectivity index (χ3n) is 4.70. The van der Waals surface area contributed by atoms with Crippen molar-refractivity contribution in [3.8, 4) is 0 Å². The summed E-state index contributed by atoms with van der Waals surface area (Å²) in [6.07, 6.45) is 6.80. The minimum atomic E-state index is -0.470. The molecule has 0 aliphatic heterocycles. The van der Waals surface area contributed by atoms with Gasteiger partial charge in [0.25, 0.3) is 5.91 Å². The van der Waals surface area contributed by atoms with Crippen LogP contribution in [0.15, 0.2) is 34.5 Å². The molecule has 1 aliphatic rings. The number of esters is 1. The second-order valence-electron chi connectivity index (χ2n) is 7.00. The zero-order valence-electron chi connectivity index (χ0n) is 16.1. The first-order chi connectivity index (χ1) is 13.6. The monoisotopic (exact) mass is 418 g/mol. The topological polar surface area (TPSA) is 68.3 Å². The molecular formula is C21H26N2O3S2. The van der Waals surface area contributed by atoms with Gasteiger partial charge in [-0.15, -0.1) is 23.1 Å². The Morgan fingerprint density at radius 2 is 1.89 bits per heavy atom. The molecule has 1 heterocycles. The van der Waals surface area contributed by atoms with Crippen LogP contribution in [-0.4, -0.2) is 29.5 Å². The zero-order valence-corrected chi connectivity index (χ0v) is 17.7. The summed E-state index contributed by atoms with van der Waals surface area (Å²) in [7, 11) is 0. The predicted molar refractivity (Wildman–Crippen MR) is 113 cm³/mol. The van der Waals surface area contributed by atoms with Gasteiger partial charge >= 0.3 is 5.97 Å². The Morgan fingerprint density at radius 1 is 1.18 bits per heavy atom. The fourth-order valence-electron chi connectivity index (χ4n) is 3.23. The van der Waals surface area contributed by atoms with Crippen LogP contribution in [0.25, 0.3) is 0 Å². The van der Waals surface area contributed by atoms with Crippen molar-refractivity contribution in [2.75, 3.05) is 6.61 Å². The summed E-state index contributed by atoms with van der Waals surface area (Å²) in [5, 5.41) is 6.11. The number of aryl methyl sites for hydroxylation is 1. The number of carbonyl (C=O) groups excluding carboxylic acids is 2. The number of rotatable bonds is 7. The van der Waals surface area contributed by atoms with Gasteiger partial charge in [0, 0.05) is 22.1 Å². The quantitative estimate of drug-likeness (QED) is 0.400. The first-order valence-corrected chi connectivity index (χ1v) is 11.6. The van der Waals surface area contributed by atoms with Gasteiger partial charge in [0.1, 0.15) is 0 Å². The molecule has 5 nitrogen and oxygen atoms in total. The Bertz CT molecular complexity index is 781. The number of carbonyl (C=O) groups is 2. The molecule has 1 amide bonds. The number of benzene rings is 1. The number of thiazole rings is 1.